The molecule has 0 heterocycles. The predicted octanol–water partition coefficient (Wildman–Crippen LogP) is 3.71. The van der Waals surface area contributed by atoms with Crippen LogP contribution in [0.5, 0.6) is 0 Å². The summed E-state index contributed by atoms with van der Waals surface area (Å²) in [6, 6.07) is 12.0. The van der Waals surface area contributed by atoms with E-state index in [-0.39, 0.29) is 5.56 Å². The van der Waals surface area contributed by atoms with E-state index in [9.17, 15) is 13.6 Å². The second kappa shape index (κ2) is 6.12. The van der Waals surface area contributed by atoms with Gasteiger partial charge in [-0.1, -0.05) is 29.5 Å². The minimum atomic E-state index is -1.92. The van der Waals surface area contributed by atoms with E-state index in [0.29, 0.717) is 5.56 Å². The molecule has 3 heteroatoms. The molecule has 1 nitrogen and oxygen atoms in total. The smallest absolute Gasteiger partial charge is 0.223 e. The van der Waals surface area contributed by atoms with E-state index >= 15 is 0 Å². The van der Waals surface area contributed by atoms with Crippen LogP contribution in [0.4, 0.5) is 8.78 Å². The molecule has 2 aromatic rings. The van der Waals surface area contributed by atoms with Crippen molar-refractivity contribution in [3.63, 3.8) is 0 Å². The monoisotopic (exact) mass is 270 g/mol. The fourth-order valence-electron chi connectivity index (χ4n) is 1.61. The molecule has 20 heavy (non-hydrogen) atoms. The number of hydrogen-bond donors (Lipinski definition) is 0. The van der Waals surface area contributed by atoms with Gasteiger partial charge in [0.1, 0.15) is 5.82 Å². The van der Waals surface area contributed by atoms with Crippen LogP contribution < -0.4 is 0 Å². The number of Topliss-reactive ketones (excluding diaryl/α,β-unsaturated/α-hetero) is 1. The van der Waals surface area contributed by atoms with Crippen molar-refractivity contribution < 1.29 is 13.6 Å². The number of rotatable bonds is 2. The van der Waals surface area contributed by atoms with Crippen LogP contribution in [0, 0.1) is 24.6 Å². The zero-order valence-electron chi connectivity index (χ0n) is 10.9. The minimum absolute atomic E-state index is 0.108. The molecule has 0 aliphatic rings. The van der Waals surface area contributed by atoms with Crippen LogP contribution in [0.15, 0.2) is 48.5 Å². The minimum Gasteiger partial charge on any atom is -0.290 e. The number of alkyl halides is 1. The fourth-order valence-corrected chi connectivity index (χ4v) is 1.61. The Hall–Kier alpha value is -2.47. The summed E-state index contributed by atoms with van der Waals surface area (Å²) in [6.07, 6.45) is -1.92. The van der Waals surface area contributed by atoms with Gasteiger partial charge < -0.3 is 0 Å². The molecular weight excluding hydrogens is 258 g/mol. The highest BCUT2D eigenvalue weighted by Gasteiger charge is 2.16. The summed E-state index contributed by atoms with van der Waals surface area (Å²) < 4.78 is 26.5. The Bertz CT molecular complexity index is 661. The first-order chi connectivity index (χ1) is 9.56. The van der Waals surface area contributed by atoms with E-state index in [4.69, 9.17) is 0 Å². The summed E-state index contributed by atoms with van der Waals surface area (Å²) in [5.41, 5.74) is 1.83. The largest absolute Gasteiger partial charge is 0.290 e. The summed E-state index contributed by atoms with van der Waals surface area (Å²) in [5, 5.41) is 0. The number of halogens is 2. The standard InChI is InChI=1S/C17H12F2O/c1-12-2-4-13(5-3-12)6-11-16(19)17(20)14-7-9-15(18)10-8-14/h2-5,7-10,16H,1H3. The Morgan fingerprint density at radius 3 is 2.25 bits per heavy atom. The third-order valence-electron chi connectivity index (χ3n) is 2.75. The van der Waals surface area contributed by atoms with Gasteiger partial charge in [-0.2, -0.15) is 0 Å². The second-order valence-corrected chi connectivity index (χ2v) is 4.37. The summed E-state index contributed by atoms with van der Waals surface area (Å²) in [6.45, 7) is 1.94. The van der Waals surface area contributed by atoms with E-state index in [1.165, 1.54) is 12.1 Å². The SMILES string of the molecule is Cc1ccc(C#CC(F)C(=O)c2ccc(F)cc2)cc1. The number of hydrogen-bond acceptors (Lipinski definition) is 1. The van der Waals surface area contributed by atoms with Crippen LogP contribution in [0.25, 0.3) is 0 Å². The quantitative estimate of drug-likeness (QED) is 0.600. The van der Waals surface area contributed by atoms with Gasteiger partial charge in [0.15, 0.2) is 0 Å². The zero-order valence-corrected chi connectivity index (χ0v) is 10.9. The molecule has 0 aliphatic carbocycles. The van der Waals surface area contributed by atoms with E-state index in [1.54, 1.807) is 12.1 Å². The predicted molar refractivity (Wildman–Crippen MR) is 73.7 cm³/mol. The van der Waals surface area contributed by atoms with Gasteiger partial charge in [-0.25, -0.2) is 8.78 Å². The van der Waals surface area contributed by atoms with Gasteiger partial charge in [-0.15, -0.1) is 0 Å². The zero-order chi connectivity index (χ0) is 14.5. The fraction of sp³-hybridized carbons (Fsp3) is 0.118. The lowest BCUT2D eigenvalue weighted by molar-refractivity contribution is 0.0919. The molecule has 0 amide bonds. The Morgan fingerprint density at radius 1 is 1.05 bits per heavy atom. The molecule has 0 fully saturated rings. The molecule has 0 spiro atoms. The van der Waals surface area contributed by atoms with Gasteiger partial charge in [-0.3, -0.25) is 4.79 Å². The van der Waals surface area contributed by atoms with E-state index in [0.717, 1.165) is 17.7 Å². The molecule has 2 rings (SSSR count). The summed E-state index contributed by atoms with van der Waals surface area (Å²) in [7, 11) is 0. The number of benzene rings is 2. The molecule has 1 atom stereocenters. The van der Waals surface area contributed by atoms with E-state index < -0.39 is 17.8 Å². The van der Waals surface area contributed by atoms with Gasteiger partial charge in [0.25, 0.3) is 0 Å². The van der Waals surface area contributed by atoms with Gasteiger partial charge >= 0.3 is 0 Å². The van der Waals surface area contributed by atoms with Crippen molar-refractivity contribution in [1.29, 1.82) is 0 Å². The third kappa shape index (κ3) is 3.52. The number of carbonyl (C=O) groups excluding carboxylic acids is 1. The molecule has 100 valence electrons. The van der Waals surface area contributed by atoms with Gasteiger partial charge in [0.2, 0.25) is 12.0 Å². The third-order valence-corrected chi connectivity index (χ3v) is 2.75. The Labute approximate surface area is 116 Å². The molecule has 0 radical (unpaired) electrons. The molecule has 0 aromatic heterocycles. The van der Waals surface area contributed by atoms with Crippen molar-refractivity contribution in [2.45, 2.75) is 13.1 Å². The van der Waals surface area contributed by atoms with Gasteiger partial charge in [0.05, 0.1) is 0 Å². The Balaban J connectivity index is 2.12. The lowest BCUT2D eigenvalue weighted by Crippen LogP contribution is -2.13. The highest BCUT2D eigenvalue weighted by molar-refractivity contribution is 6.01. The molecule has 0 saturated heterocycles. The first kappa shape index (κ1) is 14.0. The molecule has 0 bridgehead atoms. The van der Waals surface area contributed by atoms with Crippen LogP contribution in [-0.4, -0.2) is 12.0 Å². The molecular formula is C17H12F2O. The van der Waals surface area contributed by atoms with Crippen molar-refractivity contribution in [1.82, 2.24) is 0 Å². The molecule has 1 unspecified atom stereocenters. The summed E-state index contributed by atoms with van der Waals surface area (Å²) in [4.78, 5) is 11.7. The van der Waals surface area contributed by atoms with Crippen molar-refractivity contribution in [2.75, 3.05) is 0 Å². The van der Waals surface area contributed by atoms with Crippen LogP contribution in [-0.2, 0) is 0 Å². The normalized spacial score (nSPS) is 11.3. The Kier molecular flexibility index (Phi) is 4.27. The van der Waals surface area contributed by atoms with Crippen molar-refractivity contribution in [3.8, 4) is 11.8 Å². The summed E-state index contributed by atoms with van der Waals surface area (Å²) in [5.74, 6) is 3.66. The van der Waals surface area contributed by atoms with Crippen molar-refractivity contribution in [2.24, 2.45) is 0 Å². The number of aryl methyl sites for hydroxylation is 1. The number of carbonyl (C=O) groups is 1. The maximum absolute atomic E-state index is 13.7. The maximum atomic E-state index is 13.7. The van der Waals surface area contributed by atoms with Crippen molar-refractivity contribution in [3.05, 3.63) is 71.0 Å². The highest BCUT2D eigenvalue weighted by atomic mass is 19.1. The lowest BCUT2D eigenvalue weighted by atomic mass is 10.1. The van der Waals surface area contributed by atoms with E-state index in [1.807, 2.05) is 19.1 Å². The van der Waals surface area contributed by atoms with Crippen LogP contribution >= 0.6 is 0 Å². The maximum Gasteiger partial charge on any atom is 0.223 e. The van der Waals surface area contributed by atoms with Gasteiger partial charge in [-0.05, 0) is 43.3 Å². The second-order valence-electron chi connectivity index (χ2n) is 4.37. The average Bonchev–Trinajstić information content (AvgIpc) is 2.46. The average molecular weight is 270 g/mol. The molecule has 2 aromatic carbocycles. The van der Waals surface area contributed by atoms with Crippen LogP contribution in [0.1, 0.15) is 21.5 Å². The van der Waals surface area contributed by atoms with Crippen LogP contribution in [0.2, 0.25) is 0 Å². The highest BCUT2D eigenvalue weighted by Crippen LogP contribution is 2.08. The molecule has 0 saturated carbocycles. The topological polar surface area (TPSA) is 17.1 Å². The summed E-state index contributed by atoms with van der Waals surface area (Å²) >= 11 is 0. The first-order valence-corrected chi connectivity index (χ1v) is 6.08. The Morgan fingerprint density at radius 2 is 1.65 bits per heavy atom. The molecule has 0 N–H and O–H groups in total. The van der Waals surface area contributed by atoms with Gasteiger partial charge in [0, 0.05) is 11.1 Å². The molecule has 0 aliphatic heterocycles. The van der Waals surface area contributed by atoms with Crippen LogP contribution in [0.3, 0.4) is 0 Å². The first-order valence-electron chi connectivity index (χ1n) is 6.08. The van der Waals surface area contributed by atoms with E-state index in [2.05, 4.69) is 11.8 Å². The van der Waals surface area contributed by atoms with Crippen molar-refractivity contribution >= 4 is 5.78 Å². The number of ketones is 1. The lowest BCUT2D eigenvalue weighted by Gasteiger charge is -2.00.